The molecule has 1 atom stereocenters. The molecule has 0 heterocycles. The third-order valence-corrected chi connectivity index (χ3v) is 2.67. The van der Waals surface area contributed by atoms with Crippen LogP contribution in [-0.2, 0) is 11.1 Å². The molecule has 0 aliphatic heterocycles. The van der Waals surface area contributed by atoms with Gasteiger partial charge in [0.15, 0.2) is 0 Å². The number of rotatable bonds is 2. The van der Waals surface area contributed by atoms with E-state index in [4.69, 9.17) is 0 Å². The molecule has 1 aromatic rings. The van der Waals surface area contributed by atoms with E-state index in [1.807, 2.05) is 0 Å². The standard InChI is InChI=1S/C8H9NO4S.Na/c1-5-3-6(2)8(14(12)13)4-7(5)9(10)11;/h3-4H,1-2H3,(H,12,13);/q;+1/p-1. The number of benzene rings is 1. The second kappa shape index (κ2) is 5.72. The van der Waals surface area contributed by atoms with Crippen LogP contribution in [0.25, 0.3) is 0 Å². The first-order valence-electron chi connectivity index (χ1n) is 3.78. The Morgan fingerprint density at radius 3 is 2.20 bits per heavy atom. The van der Waals surface area contributed by atoms with Gasteiger partial charge in [-0.05, 0) is 36.6 Å². The normalized spacial score (nSPS) is 11.7. The van der Waals surface area contributed by atoms with Gasteiger partial charge in [-0.25, -0.2) is 0 Å². The molecule has 0 aliphatic rings. The predicted molar refractivity (Wildman–Crippen MR) is 49.8 cm³/mol. The number of aryl methyl sites for hydroxylation is 2. The van der Waals surface area contributed by atoms with E-state index in [2.05, 4.69) is 0 Å². The molecule has 0 aromatic heterocycles. The molecular weight excluding hydrogens is 229 g/mol. The van der Waals surface area contributed by atoms with Crippen LogP contribution in [0.5, 0.6) is 0 Å². The molecular formula is C8H8NNaO4S. The quantitative estimate of drug-likeness (QED) is 0.270. The van der Waals surface area contributed by atoms with Gasteiger partial charge in [0.2, 0.25) is 0 Å². The van der Waals surface area contributed by atoms with Crippen molar-refractivity contribution in [2.45, 2.75) is 18.7 Å². The fraction of sp³-hybridized carbons (Fsp3) is 0.250. The minimum atomic E-state index is -2.43. The minimum Gasteiger partial charge on any atom is -0.768 e. The molecule has 0 N–H and O–H groups in total. The molecule has 0 fully saturated rings. The Balaban J connectivity index is 0.00000196. The molecule has 0 bridgehead atoms. The van der Waals surface area contributed by atoms with Gasteiger partial charge >= 0.3 is 29.6 Å². The fourth-order valence-corrected chi connectivity index (χ4v) is 1.73. The van der Waals surface area contributed by atoms with Crippen molar-refractivity contribution in [1.82, 2.24) is 0 Å². The summed E-state index contributed by atoms with van der Waals surface area (Å²) in [6.07, 6.45) is 0. The zero-order valence-electron chi connectivity index (χ0n) is 8.64. The Morgan fingerprint density at radius 1 is 1.27 bits per heavy atom. The average Bonchev–Trinajstić information content (AvgIpc) is 2.02. The maximum absolute atomic E-state index is 10.7. The van der Waals surface area contributed by atoms with Gasteiger partial charge in [0.1, 0.15) is 0 Å². The summed E-state index contributed by atoms with van der Waals surface area (Å²) in [6, 6.07) is 2.57. The molecule has 0 radical (unpaired) electrons. The fourth-order valence-electron chi connectivity index (χ4n) is 1.20. The second-order valence-electron chi connectivity index (χ2n) is 2.90. The molecule has 0 saturated heterocycles. The van der Waals surface area contributed by atoms with Gasteiger partial charge in [0.05, 0.1) is 4.92 Å². The Hall–Kier alpha value is -0.270. The SMILES string of the molecule is Cc1cc(C)c(S(=O)[O-])cc1[N+](=O)[O-].[Na+]. The van der Waals surface area contributed by atoms with Gasteiger partial charge in [-0.3, -0.25) is 14.3 Å². The summed E-state index contributed by atoms with van der Waals surface area (Å²) in [7, 11) is 0. The molecule has 7 heteroatoms. The van der Waals surface area contributed by atoms with Crippen LogP contribution < -0.4 is 29.6 Å². The van der Waals surface area contributed by atoms with Crippen molar-refractivity contribution in [3.63, 3.8) is 0 Å². The summed E-state index contributed by atoms with van der Waals surface area (Å²) in [5, 5.41) is 10.5. The third kappa shape index (κ3) is 3.35. The Morgan fingerprint density at radius 2 is 1.80 bits per heavy atom. The average molecular weight is 237 g/mol. The third-order valence-electron chi connectivity index (χ3n) is 1.87. The molecule has 76 valence electrons. The van der Waals surface area contributed by atoms with Crippen molar-refractivity contribution >= 4 is 16.8 Å². The van der Waals surface area contributed by atoms with E-state index in [1.54, 1.807) is 13.8 Å². The Kier molecular flexibility index (Phi) is 5.61. The summed E-state index contributed by atoms with van der Waals surface area (Å²) in [6.45, 7) is 3.17. The van der Waals surface area contributed by atoms with Gasteiger partial charge in [-0.2, -0.15) is 0 Å². The van der Waals surface area contributed by atoms with E-state index in [0.717, 1.165) is 6.07 Å². The number of nitrogens with zero attached hydrogens (tertiary/aromatic N) is 1. The van der Waals surface area contributed by atoms with Crippen molar-refractivity contribution in [1.29, 1.82) is 0 Å². The molecule has 0 amide bonds. The van der Waals surface area contributed by atoms with E-state index in [0.29, 0.717) is 11.1 Å². The minimum absolute atomic E-state index is 0. The van der Waals surface area contributed by atoms with Crippen molar-refractivity contribution in [3.05, 3.63) is 33.4 Å². The summed E-state index contributed by atoms with van der Waals surface area (Å²) >= 11 is -2.43. The first kappa shape index (κ1) is 14.7. The van der Waals surface area contributed by atoms with Crippen LogP contribution in [0.1, 0.15) is 11.1 Å². The molecule has 0 spiro atoms. The van der Waals surface area contributed by atoms with Crippen LogP contribution in [0.15, 0.2) is 17.0 Å². The molecule has 1 rings (SSSR count). The maximum atomic E-state index is 10.7. The van der Waals surface area contributed by atoms with Gasteiger partial charge < -0.3 is 4.55 Å². The predicted octanol–water partition coefficient (Wildman–Crippen LogP) is -1.55. The zero-order valence-corrected chi connectivity index (χ0v) is 11.5. The van der Waals surface area contributed by atoms with Crippen LogP contribution in [0.3, 0.4) is 0 Å². The second-order valence-corrected chi connectivity index (χ2v) is 3.81. The van der Waals surface area contributed by atoms with Crippen molar-refractivity contribution in [3.8, 4) is 0 Å². The summed E-state index contributed by atoms with van der Waals surface area (Å²) in [4.78, 5) is 9.89. The van der Waals surface area contributed by atoms with E-state index in [9.17, 15) is 18.9 Å². The molecule has 1 unspecified atom stereocenters. The summed E-state index contributed by atoms with van der Waals surface area (Å²) in [5.41, 5.74) is 0.804. The van der Waals surface area contributed by atoms with Crippen LogP contribution in [-0.4, -0.2) is 13.7 Å². The van der Waals surface area contributed by atoms with Crippen LogP contribution in [0, 0.1) is 24.0 Å². The largest absolute Gasteiger partial charge is 1.00 e. The van der Waals surface area contributed by atoms with Crippen LogP contribution in [0.2, 0.25) is 0 Å². The Bertz CT molecular complexity index is 386. The van der Waals surface area contributed by atoms with E-state index in [-0.39, 0.29) is 40.1 Å². The Labute approximate surface area is 112 Å². The maximum Gasteiger partial charge on any atom is 1.00 e. The van der Waals surface area contributed by atoms with E-state index < -0.39 is 16.0 Å². The molecule has 15 heavy (non-hydrogen) atoms. The number of hydrogen-bond acceptors (Lipinski definition) is 4. The monoisotopic (exact) mass is 237 g/mol. The van der Waals surface area contributed by atoms with Crippen molar-refractivity contribution in [2.75, 3.05) is 0 Å². The number of nitro groups is 1. The van der Waals surface area contributed by atoms with Gasteiger partial charge in [-0.1, -0.05) is 0 Å². The number of hydrogen-bond donors (Lipinski definition) is 0. The zero-order chi connectivity index (χ0) is 10.9. The smallest absolute Gasteiger partial charge is 0.768 e. The molecule has 0 saturated carbocycles. The van der Waals surface area contributed by atoms with E-state index in [1.165, 1.54) is 6.07 Å². The summed E-state index contributed by atoms with van der Waals surface area (Å²) in [5.74, 6) is 0. The van der Waals surface area contributed by atoms with Gasteiger partial charge in [-0.15, -0.1) is 0 Å². The van der Waals surface area contributed by atoms with Crippen molar-refractivity contribution < 1.29 is 43.2 Å². The topological polar surface area (TPSA) is 83.3 Å². The van der Waals surface area contributed by atoms with Gasteiger partial charge in [0, 0.05) is 16.5 Å². The molecule has 0 aliphatic carbocycles. The van der Waals surface area contributed by atoms with Gasteiger partial charge in [0.25, 0.3) is 5.69 Å². The number of nitro benzene ring substituents is 1. The van der Waals surface area contributed by atoms with Crippen LogP contribution >= 0.6 is 0 Å². The molecule has 1 aromatic carbocycles. The first-order chi connectivity index (χ1) is 6.43. The van der Waals surface area contributed by atoms with E-state index >= 15 is 0 Å². The van der Waals surface area contributed by atoms with Crippen molar-refractivity contribution in [2.24, 2.45) is 0 Å². The summed E-state index contributed by atoms with van der Waals surface area (Å²) < 4.78 is 21.4. The molecule has 5 nitrogen and oxygen atoms in total. The van der Waals surface area contributed by atoms with Crippen LogP contribution in [0.4, 0.5) is 5.69 Å². The first-order valence-corrected chi connectivity index (χ1v) is 4.86.